The zero-order valence-electron chi connectivity index (χ0n) is 10.6. The summed E-state index contributed by atoms with van der Waals surface area (Å²) in [6, 6.07) is 13.3. The molecule has 0 unspecified atom stereocenters. The Morgan fingerprint density at radius 3 is 2.79 bits per heavy atom. The van der Waals surface area contributed by atoms with Gasteiger partial charge in [0, 0.05) is 13.2 Å². The van der Waals surface area contributed by atoms with Crippen molar-refractivity contribution in [3.63, 3.8) is 0 Å². The maximum absolute atomic E-state index is 11.4. The number of benzene rings is 1. The molecule has 0 saturated heterocycles. The number of aromatic nitrogens is 1. The molecule has 1 heterocycles. The molecule has 5 nitrogen and oxygen atoms in total. The van der Waals surface area contributed by atoms with Crippen molar-refractivity contribution in [1.29, 1.82) is 0 Å². The fraction of sp³-hybridized carbons (Fsp3) is 0.143. The standard InChI is InChI=1S/C14H15N3O2/c1-17-9-5-8-13(17)10-15-16-14(18)19-11-12-6-3-2-4-7-12/h2-10H,11H2,1H3,(H,16,18)/b15-10+. The van der Waals surface area contributed by atoms with E-state index in [9.17, 15) is 4.79 Å². The number of nitrogens with one attached hydrogen (secondary N) is 1. The maximum Gasteiger partial charge on any atom is 0.428 e. The van der Waals surface area contributed by atoms with E-state index in [0.29, 0.717) is 0 Å². The average molecular weight is 257 g/mol. The van der Waals surface area contributed by atoms with Crippen LogP contribution in [0.5, 0.6) is 0 Å². The molecular weight excluding hydrogens is 242 g/mol. The van der Waals surface area contributed by atoms with Crippen LogP contribution in [0.1, 0.15) is 11.3 Å². The number of amides is 1. The summed E-state index contributed by atoms with van der Waals surface area (Å²) in [5, 5.41) is 3.82. The summed E-state index contributed by atoms with van der Waals surface area (Å²) in [5.41, 5.74) is 4.14. The highest BCUT2D eigenvalue weighted by Crippen LogP contribution is 2.00. The third-order valence-corrected chi connectivity index (χ3v) is 2.55. The van der Waals surface area contributed by atoms with Gasteiger partial charge in [-0.25, -0.2) is 10.2 Å². The minimum Gasteiger partial charge on any atom is -0.443 e. The summed E-state index contributed by atoms with van der Waals surface area (Å²) < 4.78 is 6.90. The van der Waals surface area contributed by atoms with Crippen LogP contribution in [0.4, 0.5) is 4.79 Å². The number of hydrogen-bond donors (Lipinski definition) is 1. The van der Waals surface area contributed by atoms with Gasteiger partial charge in [0.1, 0.15) is 6.61 Å². The highest BCUT2D eigenvalue weighted by molar-refractivity contribution is 5.79. The van der Waals surface area contributed by atoms with E-state index in [2.05, 4.69) is 10.5 Å². The number of aryl methyl sites for hydroxylation is 1. The molecule has 1 aromatic heterocycles. The lowest BCUT2D eigenvalue weighted by molar-refractivity contribution is 0.140. The predicted molar refractivity (Wildman–Crippen MR) is 72.8 cm³/mol. The minimum atomic E-state index is -0.575. The van der Waals surface area contributed by atoms with E-state index in [0.717, 1.165) is 11.3 Å². The predicted octanol–water partition coefficient (Wildman–Crippen LogP) is 2.29. The van der Waals surface area contributed by atoms with Crippen LogP contribution >= 0.6 is 0 Å². The van der Waals surface area contributed by atoms with E-state index in [1.54, 1.807) is 6.21 Å². The third kappa shape index (κ3) is 3.99. The second-order valence-electron chi connectivity index (χ2n) is 3.98. The summed E-state index contributed by atoms with van der Waals surface area (Å²) >= 11 is 0. The Kier molecular flexibility index (Phi) is 4.34. The molecule has 0 radical (unpaired) electrons. The van der Waals surface area contributed by atoms with Crippen LogP contribution in [0.3, 0.4) is 0 Å². The second kappa shape index (κ2) is 6.39. The largest absolute Gasteiger partial charge is 0.443 e. The molecule has 0 atom stereocenters. The summed E-state index contributed by atoms with van der Waals surface area (Å²) in [5.74, 6) is 0. The van der Waals surface area contributed by atoms with E-state index >= 15 is 0 Å². The molecule has 19 heavy (non-hydrogen) atoms. The van der Waals surface area contributed by atoms with Crippen molar-refractivity contribution in [2.24, 2.45) is 12.1 Å². The Hall–Kier alpha value is -2.56. The molecule has 1 N–H and O–H groups in total. The Morgan fingerprint density at radius 1 is 1.32 bits per heavy atom. The zero-order chi connectivity index (χ0) is 13.5. The average Bonchev–Trinajstić information content (AvgIpc) is 2.83. The van der Waals surface area contributed by atoms with Gasteiger partial charge in [-0.3, -0.25) is 0 Å². The van der Waals surface area contributed by atoms with Crippen molar-refractivity contribution in [3.8, 4) is 0 Å². The van der Waals surface area contributed by atoms with Gasteiger partial charge in [0.15, 0.2) is 0 Å². The van der Waals surface area contributed by atoms with Gasteiger partial charge in [-0.1, -0.05) is 30.3 Å². The Labute approximate surface area is 111 Å². The van der Waals surface area contributed by atoms with Crippen LogP contribution in [-0.4, -0.2) is 16.9 Å². The number of carbonyl (C=O) groups is 1. The fourth-order valence-corrected chi connectivity index (χ4v) is 1.51. The first-order valence-electron chi connectivity index (χ1n) is 5.87. The van der Waals surface area contributed by atoms with E-state index in [1.165, 1.54) is 0 Å². The van der Waals surface area contributed by atoms with Gasteiger partial charge in [0.2, 0.25) is 0 Å². The maximum atomic E-state index is 11.4. The minimum absolute atomic E-state index is 0.229. The first-order valence-corrected chi connectivity index (χ1v) is 5.87. The quantitative estimate of drug-likeness (QED) is 0.675. The summed E-state index contributed by atoms with van der Waals surface area (Å²) in [7, 11) is 1.90. The number of nitrogens with zero attached hydrogens (tertiary/aromatic N) is 2. The number of rotatable bonds is 4. The number of hydrogen-bond acceptors (Lipinski definition) is 3. The van der Waals surface area contributed by atoms with E-state index in [-0.39, 0.29) is 6.61 Å². The van der Waals surface area contributed by atoms with E-state index in [4.69, 9.17) is 4.74 Å². The van der Waals surface area contributed by atoms with E-state index in [1.807, 2.05) is 60.3 Å². The first-order chi connectivity index (χ1) is 9.25. The van der Waals surface area contributed by atoms with Crippen LogP contribution < -0.4 is 5.43 Å². The lowest BCUT2D eigenvalue weighted by Gasteiger charge is -2.03. The van der Waals surface area contributed by atoms with Crippen LogP contribution in [0, 0.1) is 0 Å². The number of carbonyl (C=O) groups excluding carboxylic acids is 1. The van der Waals surface area contributed by atoms with Crippen LogP contribution in [0.2, 0.25) is 0 Å². The summed E-state index contributed by atoms with van der Waals surface area (Å²) in [6.45, 7) is 0.229. The Morgan fingerprint density at radius 2 is 2.11 bits per heavy atom. The highest BCUT2D eigenvalue weighted by Gasteiger charge is 2.00. The number of hydrazone groups is 1. The topological polar surface area (TPSA) is 55.6 Å². The fourth-order valence-electron chi connectivity index (χ4n) is 1.51. The molecule has 0 aliphatic carbocycles. The first kappa shape index (κ1) is 12.9. The molecule has 0 aliphatic heterocycles. The molecular formula is C14H15N3O2. The van der Waals surface area contributed by atoms with Crippen molar-refractivity contribution in [2.75, 3.05) is 0 Å². The molecule has 2 aromatic rings. The molecule has 98 valence electrons. The normalized spacial score (nSPS) is 10.6. The summed E-state index contributed by atoms with van der Waals surface area (Å²) in [4.78, 5) is 11.4. The Balaban J connectivity index is 1.76. The Bertz CT molecular complexity index is 561. The molecule has 0 aliphatic rings. The monoisotopic (exact) mass is 257 g/mol. The van der Waals surface area contributed by atoms with Crippen LogP contribution in [-0.2, 0) is 18.4 Å². The molecule has 2 rings (SSSR count). The zero-order valence-corrected chi connectivity index (χ0v) is 10.6. The molecule has 5 heteroatoms. The molecule has 0 saturated carbocycles. The molecule has 0 fully saturated rings. The van der Waals surface area contributed by atoms with Crippen molar-refractivity contribution < 1.29 is 9.53 Å². The molecule has 0 bridgehead atoms. The lowest BCUT2D eigenvalue weighted by atomic mass is 10.2. The van der Waals surface area contributed by atoms with Gasteiger partial charge >= 0.3 is 6.09 Å². The van der Waals surface area contributed by atoms with E-state index < -0.39 is 6.09 Å². The van der Waals surface area contributed by atoms with Gasteiger partial charge in [0.25, 0.3) is 0 Å². The van der Waals surface area contributed by atoms with Gasteiger partial charge in [-0.15, -0.1) is 0 Å². The van der Waals surface area contributed by atoms with Crippen molar-refractivity contribution in [3.05, 3.63) is 59.9 Å². The molecule has 1 aromatic carbocycles. The third-order valence-electron chi connectivity index (χ3n) is 2.55. The van der Waals surface area contributed by atoms with Crippen molar-refractivity contribution in [2.45, 2.75) is 6.61 Å². The van der Waals surface area contributed by atoms with Gasteiger partial charge in [0.05, 0.1) is 11.9 Å². The SMILES string of the molecule is Cn1cccc1/C=N/NC(=O)OCc1ccccc1. The number of ether oxygens (including phenoxy) is 1. The van der Waals surface area contributed by atoms with Crippen molar-refractivity contribution >= 4 is 12.3 Å². The van der Waals surface area contributed by atoms with Gasteiger partial charge < -0.3 is 9.30 Å². The van der Waals surface area contributed by atoms with Gasteiger partial charge in [-0.05, 0) is 17.7 Å². The van der Waals surface area contributed by atoms with Crippen LogP contribution in [0.15, 0.2) is 53.8 Å². The second-order valence-corrected chi connectivity index (χ2v) is 3.98. The molecule has 0 spiro atoms. The van der Waals surface area contributed by atoms with Crippen LogP contribution in [0.25, 0.3) is 0 Å². The lowest BCUT2D eigenvalue weighted by Crippen LogP contribution is -2.18. The highest BCUT2D eigenvalue weighted by atomic mass is 16.5. The van der Waals surface area contributed by atoms with Gasteiger partial charge in [-0.2, -0.15) is 5.10 Å². The smallest absolute Gasteiger partial charge is 0.428 e. The summed E-state index contributed by atoms with van der Waals surface area (Å²) in [6.07, 6.45) is 2.88. The van der Waals surface area contributed by atoms with Crippen molar-refractivity contribution in [1.82, 2.24) is 9.99 Å². The molecule has 1 amide bonds.